The molecule has 21 heavy (non-hydrogen) atoms. The number of aromatic nitrogens is 1. The Kier molecular flexibility index (Phi) is 3.48. The van der Waals surface area contributed by atoms with Crippen LogP contribution < -0.4 is 10.5 Å². The van der Waals surface area contributed by atoms with E-state index in [2.05, 4.69) is 9.71 Å². The van der Waals surface area contributed by atoms with Gasteiger partial charge < -0.3 is 5.73 Å². The Labute approximate surface area is 130 Å². The molecule has 0 radical (unpaired) electrons. The lowest BCUT2D eigenvalue weighted by atomic mass is 10.3. The number of nitrogen functional groups attached to an aromatic ring is 1. The Morgan fingerprint density at radius 1 is 1.19 bits per heavy atom. The van der Waals surface area contributed by atoms with Crippen LogP contribution in [0.5, 0.6) is 0 Å². The van der Waals surface area contributed by atoms with Crippen molar-refractivity contribution in [2.45, 2.75) is 4.90 Å². The van der Waals surface area contributed by atoms with Crippen LogP contribution in [-0.2, 0) is 10.0 Å². The SMILES string of the molecule is Nc1ccc2nc(NS(=O)(=O)c3ccccc3Cl)sc2c1. The molecule has 0 saturated heterocycles. The number of hydrogen-bond acceptors (Lipinski definition) is 5. The lowest BCUT2D eigenvalue weighted by molar-refractivity contribution is 0.601. The minimum absolute atomic E-state index is 0.0189. The summed E-state index contributed by atoms with van der Waals surface area (Å²) in [5.74, 6) is 0. The van der Waals surface area contributed by atoms with Gasteiger partial charge in [-0.1, -0.05) is 35.1 Å². The Morgan fingerprint density at radius 3 is 2.71 bits per heavy atom. The molecular formula is C13H10ClN3O2S2. The van der Waals surface area contributed by atoms with Crippen molar-refractivity contribution in [1.82, 2.24) is 4.98 Å². The lowest BCUT2D eigenvalue weighted by Crippen LogP contribution is -2.13. The number of benzene rings is 2. The zero-order valence-electron chi connectivity index (χ0n) is 10.6. The van der Waals surface area contributed by atoms with Crippen molar-refractivity contribution in [2.75, 3.05) is 10.5 Å². The minimum atomic E-state index is -3.77. The molecule has 3 aromatic rings. The molecule has 0 bridgehead atoms. The predicted octanol–water partition coefficient (Wildman–Crippen LogP) is 3.33. The second-order valence-corrected chi connectivity index (χ2v) is 7.37. The number of rotatable bonds is 3. The van der Waals surface area contributed by atoms with E-state index < -0.39 is 10.0 Å². The maximum Gasteiger partial charge on any atom is 0.265 e. The van der Waals surface area contributed by atoms with Crippen molar-refractivity contribution in [3.05, 3.63) is 47.5 Å². The van der Waals surface area contributed by atoms with Crippen molar-refractivity contribution >= 4 is 54.0 Å². The van der Waals surface area contributed by atoms with Gasteiger partial charge in [0.1, 0.15) is 4.90 Å². The van der Waals surface area contributed by atoms with Gasteiger partial charge in [0.05, 0.1) is 15.2 Å². The van der Waals surface area contributed by atoms with Gasteiger partial charge in [-0.15, -0.1) is 0 Å². The smallest absolute Gasteiger partial charge is 0.265 e. The van der Waals surface area contributed by atoms with Gasteiger partial charge in [0, 0.05) is 5.69 Å². The molecule has 3 rings (SSSR count). The highest BCUT2D eigenvalue weighted by atomic mass is 35.5. The van der Waals surface area contributed by atoms with E-state index in [-0.39, 0.29) is 15.0 Å². The maximum atomic E-state index is 12.3. The fourth-order valence-corrected chi connectivity index (χ4v) is 4.49. The van der Waals surface area contributed by atoms with Gasteiger partial charge in [-0.3, -0.25) is 4.72 Å². The third kappa shape index (κ3) is 2.80. The maximum absolute atomic E-state index is 12.3. The molecule has 0 fully saturated rings. The number of nitrogens with one attached hydrogen (secondary N) is 1. The second-order valence-electron chi connectivity index (χ2n) is 4.28. The number of nitrogens with zero attached hydrogens (tertiary/aromatic N) is 1. The molecule has 0 spiro atoms. The van der Waals surface area contributed by atoms with Crippen molar-refractivity contribution in [3.8, 4) is 0 Å². The van der Waals surface area contributed by atoms with E-state index in [4.69, 9.17) is 17.3 Å². The standard InChI is InChI=1S/C13H10ClN3O2S2/c14-9-3-1-2-4-12(9)21(18,19)17-13-16-10-6-5-8(15)7-11(10)20-13/h1-7H,15H2,(H,16,17). The van der Waals surface area contributed by atoms with Crippen LogP contribution in [0, 0.1) is 0 Å². The summed E-state index contributed by atoms with van der Waals surface area (Å²) < 4.78 is 27.9. The van der Waals surface area contributed by atoms with E-state index >= 15 is 0 Å². The van der Waals surface area contributed by atoms with E-state index in [9.17, 15) is 8.42 Å². The van der Waals surface area contributed by atoms with E-state index in [1.807, 2.05) is 0 Å². The number of fused-ring (bicyclic) bond motifs is 1. The number of hydrogen-bond donors (Lipinski definition) is 2. The quantitative estimate of drug-likeness (QED) is 0.717. The third-order valence-corrected chi connectivity index (χ3v) is 5.66. The normalized spacial score (nSPS) is 11.7. The number of anilines is 2. The molecule has 0 atom stereocenters. The molecule has 1 aromatic heterocycles. The van der Waals surface area contributed by atoms with Gasteiger partial charge in [-0.25, -0.2) is 13.4 Å². The summed E-state index contributed by atoms with van der Waals surface area (Å²) in [7, 11) is -3.77. The largest absolute Gasteiger partial charge is 0.399 e. The molecular weight excluding hydrogens is 330 g/mol. The second kappa shape index (κ2) is 5.18. The van der Waals surface area contributed by atoms with Gasteiger partial charge in [-0.2, -0.15) is 0 Å². The summed E-state index contributed by atoms with van der Waals surface area (Å²) in [4.78, 5) is 4.24. The average molecular weight is 340 g/mol. The monoisotopic (exact) mass is 339 g/mol. The summed E-state index contributed by atoms with van der Waals surface area (Å²) in [6, 6.07) is 11.5. The fraction of sp³-hybridized carbons (Fsp3) is 0. The Bertz CT molecular complexity index is 922. The van der Waals surface area contributed by atoms with Crippen LogP contribution in [0.3, 0.4) is 0 Å². The first-order valence-electron chi connectivity index (χ1n) is 5.89. The van der Waals surface area contributed by atoms with Crippen LogP contribution in [0.1, 0.15) is 0 Å². The molecule has 5 nitrogen and oxygen atoms in total. The number of nitrogens with two attached hydrogens (primary N) is 1. The Balaban J connectivity index is 1.99. The Hall–Kier alpha value is -1.83. The van der Waals surface area contributed by atoms with Crippen LogP contribution in [-0.4, -0.2) is 13.4 Å². The molecule has 108 valence electrons. The van der Waals surface area contributed by atoms with Gasteiger partial charge in [-0.05, 0) is 30.3 Å². The highest BCUT2D eigenvalue weighted by molar-refractivity contribution is 7.93. The van der Waals surface area contributed by atoms with Crippen LogP contribution in [0.25, 0.3) is 10.2 Å². The lowest BCUT2D eigenvalue weighted by Gasteiger charge is -2.06. The van der Waals surface area contributed by atoms with Gasteiger partial charge in [0.15, 0.2) is 5.13 Å². The number of sulfonamides is 1. The van der Waals surface area contributed by atoms with Crippen molar-refractivity contribution in [3.63, 3.8) is 0 Å². The first-order valence-corrected chi connectivity index (χ1v) is 8.57. The molecule has 0 unspecified atom stereocenters. The van der Waals surface area contributed by atoms with E-state index in [1.165, 1.54) is 23.5 Å². The number of halogens is 1. The van der Waals surface area contributed by atoms with Crippen molar-refractivity contribution in [1.29, 1.82) is 0 Å². The van der Waals surface area contributed by atoms with Crippen molar-refractivity contribution < 1.29 is 8.42 Å². The molecule has 8 heteroatoms. The molecule has 0 aliphatic rings. The third-order valence-electron chi connectivity index (χ3n) is 2.76. The summed E-state index contributed by atoms with van der Waals surface area (Å²) in [6.45, 7) is 0. The molecule has 1 heterocycles. The first kappa shape index (κ1) is 14.1. The van der Waals surface area contributed by atoms with E-state index in [0.29, 0.717) is 11.2 Å². The summed E-state index contributed by atoms with van der Waals surface area (Å²) >= 11 is 7.14. The zero-order valence-corrected chi connectivity index (χ0v) is 13.0. The summed E-state index contributed by atoms with van der Waals surface area (Å²) in [5.41, 5.74) is 6.98. The molecule has 0 aliphatic heterocycles. The van der Waals surface area contributed by atoms with Crippen LogP contribution in [0.4, 0.5) is 10.8 Å². The van der Waals surface area contributed by atoms with E-state index in [0.717, 1.165) is 4.70 Å². The molecule has 0 aliphatic carbocycles. The van der Waals surface area contributed by atoms with Crippen LogP contribution >= 0.6 is 22.9 Å². The summed E-state index contributed by atoms with van der Waals surface area (Å²) in [5, 5.41) is 0.436. The highest BCUT2D eigenvalue weighted by Gasteiger charge is 2.19. The van der Waals surface area contributed by atoms with Gasteiger partial charge in [0.25, 0.3) is 10.0 Å². The molecule has 0 saturated carbocycles. The van der Waals surface area contributed by atoms with Gasteiger partial charge >= 0.3 is 0 Å². The minimum Gasteiger partial charge on any atom is -0.399 e. The first-order chi connectivity index (χ1) is 9.95. The van der Waals surface area contributed by atoms with Crippen LogP contribution in [0.2, 0.25) is 5.02 Å². The molecule has 3 N–H and O–H groups in total. The van der Waals surface area contributed by atoms with E-state index in [1.54, 1.807) is 30.3 Å². The van der Waals surface area contributed by atoms with Gasteiger partial charge in [0.2, 0.25) is 0 Å². The summed E-state index contributed by atoms with van der Waals surface area (Å²) in [6.07, 6.45) is 0. The predicted molar refractivity (Wildman–Crippen MR) is 86.3 cm³/mol. The van der Waals surface area contributed by atoms with Crippen molar-refractivity contribution in [2.24, 2.45) is 0 Å². The fourth-order valence-electron chi connectivity index (χ4n) is 1.82. The van der Waals surface area contributed by atoms with Crippen LogP contribution in [0.15, 0.2) is 47.4 Å². The zero-order chi connectivity index (χ0) is 15.0. The average Bonchev–Trinajstić information content (AvgIpc) is 2.79. The molecule has 0 amide bonds. The highest BCUT2D eigenvalue weighted by Crippen LogP contribution is 2.30. The topological polar surface area (TPSA) is 85.1 Å². The number of thiazole rings is 1. The Morgan fingerprint density at radius 2 is 1.95 bits per heavy atom. The molecule has 2 aromatic carbocycles.